The maximum Gasteiger partial charge on any atom is 0.165 e. The van der Waals surface area contributed by atoms with E-state index in [1.807, 2.05) is 30.3 Å². The molecule has 3 rings (SSSR count). The summed E-state index contributed by atoms with van der Waals surface area (Å²) < 4.78 is 18.4. The fraction of sp³-hybridized carbons (Fsp3) is 0.118. The van der Waals surface area contributed by atoms with E-state index in [1.165, 1.54) is 25.3 Å². The summed E-state index contributed by atoms with van der Waals surface area (Å²) >= 11 is 0. The van der Waals surface area contributed by atoms with E-state index in [9.17, 15) is 9.50 Å². The third-order valence-electron chi connectivity index (χ3n) is 3.42. The number of pyridine rings is 1. The average Bonchev–Trinajstić information content (AvgIpc) is 2.54. The van der Waals surface area contributed by atoms with Crippen molar-refractivity contribution in [2.75, 3.05) is 7.11 Å². The van der Waals surface area contributed by atoms with Gasteiger partial charge in [0, 0.05) is 17.1 Å². The molecule has 0 saturated heterocycles. The molecule has 21 heavy (non-hydrogen) atoms. The number of aliphatic hydroxyl groups is 1. The van der Waals surface area contributed by atoms with E-state index in [2.05, 4.69) is 4.98 Å². The Morgan fingerprint density at radius 3 is 2.71 bits per heavy atom. The molecule has 0 aliphatic rings. The highest BCUT2D eigenvalue weighted by Gasteiger charge is 2.14. The van der Waals surface area contributed by atoms with Crippen LogP contribution >= 0.6 is 0 Å². The molecule has 3 aromatic rings. The van der Waals surface area contributed by atoms with E-state index >= 15 is 0 Å². The molecule has 1 N–H and O–H groups in total. The average molecular weight is 283 g/mol. The number of aliphatic hydroxyl groups excluding tert-OH is 1. The van der Waals surface area contributed by atoms with Gasteiger partial charge in [-0.3, -0.25) is 4.98 Å². The molecular formula is C17H14FNO2. The lowest BCUT2D eigenvalue weighted by atomic mass is 10.0. The lowest BCUT2D eigenvalue weighted by Gasteiger charge is -2.13. The van der Waals surface area contributed by atoms with E-state index in [4.69, 9.17) is 4.74 Å². The Bertz CT molecular complexity index is 789. The van der Waals surface area contributed by atoms with Crippen LogP contribution in [0.4, 0.5) is 4.39 Å². The molecule has 3 nitrogen and oxygen atoms in total. The van der Waals surface area contributed by atoms with Gasteiger partial charge in [0.25, 0.3) is 0 Å². The minimum Gasteiger partial charge on any atom is -0.494 e. The molecule has 0 bridgehead atoms. The molecule has 1 unspecified atom stereocenters. The molecule has 0 radical (unpaired) electrons. The van der Waals surface area contributed by atoms with E-state index in [0.717, 1.165) is 10.9 Å². The predicted octanol–water partition coefficient (Wildman–Crippen LogP) is 3.46. The van der Waals surface area contributed by atoms with Gasteiger partial charge in [-0.1, -0.05) is 24.3 Å². The normalized spacial score (nSPS) is 12.3. The second kappa shape index (κ2) is 5.50. The van der Waals surface area contributed by atoms with Crippen LogP contribution < -0.4 is 4.74 Å². The van der Waals surface area contributed by atoms with Crippen LogP contribution in [-0.4, -0.2) is 17.2 Å². The van der Waals surface area contributed by atoms with Crippen LogP contribution in [0.1, 0.15) is 17.2 Å². The highest BCUT2D eigenvalue weighted by Crippen LogP contribution is 2.28. The zero-order valence-corrected chi connectivity index (χ0v) is 11.5. The largest absolute Gasteiger partial charge is 0.494 e. The van der Waals surface area contributed by atoms with Crippen molar-refractivity contribution in [2.45, 2.75) is 6.10 Å². The third-order valence-corrected chi connectivity index (χ3v) is 3.42. The van der Waals surface area contributed by atoms with Gasteiger partial charge in [-0.15, -0.1) is 0 Å². The monoisotopic (exact) mass is 283 g/mol. The minimum absolute atomic E-state index is 0.111. The van der Waals surface area contributed by atoms with E-state index in [-0.39, 0.29) is 5.75 Å². The van der Waals surface area contributed by atoms with Crippen LogP contribution in [0, 0.1) is 5.82 Å². The van der Waals surface area contributed by atoms with Crippen LogP contribution in [0.2, 0.25) is 0 Å². The Kier molecular flexibility index (Phi) is 3.54. The van der Waals surface area contributed by atoms with Gasteiger partial charge in [0.1, 0.15) is 6.10 Å². The predicted molar refractivity (Wildman–Crippen MR) is 78.8 cm³/mol. The second-order valence-electron chi connectivity index (χ2n) is 4.76. The molecule has 1 atom stereocenters. The molecule has 2 aromatic carbocycles. The van der Waals surface area contributed by atoms with Gasteiger partial charge in [-0.05, 0) is 29.8 Å². The molecule has 0 aliphatic carbocycles. The molecule has 0 amide bonds. The van der Waals surface area contributed by atoms with Crippen molar-refractivity contribution in [3.8, 4) is 5.75 Å². The maximum absolute atomic E-state index is 13.4. The van der Waals surface area contributed by atoms with Crippen molar-refractivity contribution in [2.24, 2.45) is 0 Å². The Morgan fingerprint density at radius 1 is 1.10 bits per heavy atom. The van der Waals surface area contributed by atoms with Gasteiger partial charge in [0.2, 0.25) is 0 Å². The number of hydrogen-bond acceptors (Lipinski definition) is 3. The van der Waals surface area contributed by atoms with Crippen LogP contribution in [0.15, 0.2) is 54.7 Å². The molecule has 106 valence electrons. The number of ether oxygens (including phenoxy) is 1. The van der Waals surface area contributed by atoms with E-state index < -0.39 is 11.9 Å². The second-order valence-corrected chi connectivity index (χ2v) is 4.76. The quantitative estimate of drug-likeness (QED) is 0.800. The Morgan fingerprint density at radius 2 is 1.90 bits per heavy atom. The molecule has 0 spiro atoms. The van der Waals surface area contributed by atoms with Crippen molar-refractivity contribution in [3.05, 3.63) is 71.7 Å². The molecule has 1 aromatic heterocycles. The molecule has 4 heteroatoms. The number of fused-ring (bicyclic) bond motifs is 1. The molecule has 0 fully saturated rings. The molecule has 1 heterocycles. The van der Waals surface area contributed by atoms with Crippen molar-refractivity contribution in [1.82, 2.24) is 4.98 Å². The van der Waals surface area contributed by atoms with E-state index in [1.54, 1.807) is 6.20 Å². The summed E-state index contributed by atoms with van der Waals surface area (Å²) in [7, 11) is 1.39. The summed E-state index contributed by atoms with van der Waals surface area (Å²) in [5.74, 6) is -0.342. The Balaban J connectivity index is 2.01. The van der Waals surface area contributed by atoms with Gasteiger partial charge in [0.05, 0.1) is 12.6 Å². The number of benzene rings is 2. The number of aromatic nitrogens is 1. The lowest BCUT2D eigenvalue weighted by Crippen LogP contribution is -2.01. The fourth-order valence-corrected chi connectivity index (χ4v) is 2.28. The first kappa shape index (κ1) is 13.5. The fourth-order valence-electron chi connectivity index (χ4n) is 2.28. The summed E-state index contributed by atoms with van der Waals surface area (Å²) in [5.41, 5.74) is 2.08. The first-order valence-electron chi connectivity index (χ1n) is 6.55. The van der Waals surface area contributed by atoms with Crippen molar-refractivity contribution in [1.29, 1.82) is 0 Å². The highest BCUT2D eigenvalue weighted by molar-refractivity contribution is 5.78. The molecular weight excluding hydrogens is 269 g/mol. The topological polar surface area (TPSA) is 42.4 Å². The Labute approximate surface area is 121 Å². The van der Waals surface area contributed by atoms with Gasteiger partial charge < -0.3 is 9.84 Å². The number of hydrogen-bond donors (Lipinski definition) is 1. The first-order valence-corrected chi connectivity index (χ1v) is 6.55. The summed E-state index contributed by atoms with van der Waals surface area (Å²) in [4.78, 5) is 4.32. The molecule has 0 aliphatic heterocycles. The van der Waals surface area contributed by atoms with Gasteiger partial charge in [-0.25, -0.2) is 4.39 Å². The van der Waals surface area contributed by atoms with Crippen molar-refractivity contribution >= 4 is 10.9 Å². The van der Waals surface area contributed by atoms with Crippen molar-refractivity contribution < 1.29 is 14.2 Å². The highest BCUT2D eigenvalue weighted by atomic mass is 19.1. The summed E-state index contributed by atoms with van der Waals surface area (Å²) in [6.45, 7) is 0. The summed E-state index contributed by atoms with van der Waals surface area (Å²) in [6, 6.07) is 13.9. The van der Waals surface area contributed by atoms with Gasteiger partial charge >= 0.3 is 0 Å². The standard InChI is InChI=1S/C17H14FNO2/c1-21-16-9-12(6-7-14(16)18)17(20)13-8-11-4-2-3-5-15(11)19-10-13/h2-10,17,20H,1H3. The van der Waals surface area contributed by atoms with Gasteiger partial charge in [-0.2, -0.15) is 0 Å². The number of methoxy groups -OCH3 is 1. The SMILES string of the molecule is COc1cc(C(O)c2cnc3ccccc3c2)ccc1F. The van der Waals surface area contributed by atoms with Crippen molar-refractivity contribution in [3.63, 3.8) is 0 Å². The number of rotatable bonds is 3. The number of nitrogens with zero attached hydrogens (tertiary/aromatic N) is 1. The van der Waals surface area contributed by atoms with Crippen LogP contribution in [-0.2, 0) is 0 Å². The Hall–Kier alpha value is -2.46. The lowest BCUT2D eigenvalue weighted by molar-refractivity contribution is 0.219. The van der Waals surface area contributed by atoms with Crippen LogP contribution in [0.5, 0.6) is 5.75 Å². The third kappa shape index (κ3) is 2.58. The van der Waals surface area contributed by atoms with Crippen LogP contribution in [0.25, 0.3) is 10.9 Å². The van der Waals surface area contributed by atoms with Crippen LogP contribution in [0.3, 0.4) is 0 Å². The number of halogens is 1. The zero-order valence-electron chi connectivity index (χ0n) is 11.5. The minimum atomic E-state index is -0.878. The maximum atomic E-state index is 13.4. The molecule has 0 saturated carbocycles. The van der Waals surface area contributed by atoms with E-state index in [0.29, 0.717) is 11.1 Å². The van der Waals surface area contributed by atoms with Gasteiger partial charge in [0.15, 0.2) is 11.6 Å². The zero-order chi connectivity index (χ0) is 14.8. The summed E-state index contributed by atoms with van der Waals surface area (Å²) in [6.07, 6.45) is 0.750. The first-order chi connectivity index (χ1) is 10.2. The summed E-state index contributed by atoms with van der Waals surface area (Å²) in [5, 5.41) is 11.4. The number of para-hydroxylation sites is 1. The smallest absolute Gasteiger partial charge is 0.165 e.